The highest BCUT2D eigenvalue weighted by Gasteiger charge is 2.37. The molecule has 0 aliphatic carbocycles. The molecule has 3 N–H and O–H groups in total. The number of rotatable bonds is 33. The van der Waals surface area contributed by atoms with Gasteiger partial charge in [0.15, 0.2) is 0 Å². The lowest BCUT2D eigenvalue weighted by Gasteiger charge is -2.46. The lowest BCUT2D eigenvalue weighted by atomic mass is 9.79. The third-order valence-corrected chi connectivity index (χ3v) is 13.3. The zero-order valence-corrected chi connectivity index (χ0v) is 44.6. The van der Waals surface area contributed by atoms with Crippen LogP contribution in [0.1, 0.15) is 272 Å². The van der Waals surface area contributed by atoms with E-state index in [1.165, 1.54) is 193 Å². The first-order chi connectivity index (χ1) is 28.1. The van der Waals surface area contributed by atoms with Gasteiger partial charge in [0.1, 0.15) is 0 Å². The van der Waals surface area contributed by atoms with E-state index in [2.05, 4.69) is 139 Å². The summed E-state index contributed by atoms with van der Waals surface area (Å²) in [5, 5.41) is 11.1. The zero-order valence-electron chi connectivity index (χ0n) is 44.6. The fourth-order valence-corrected chi connectivity index (χ4v) is 8.80. The summed E-state index contributed by atoms with van der Waals surface area (Å²) in [7, 11) is 0. The minimum Gasteiger partial charge on any atom is -0.316 e. The summed E-state index contributed by atoms with van der Waals surface area (Å²) in [6.45, 7) is 46.9. The summed E-state index contributed by atoms with van der Waals surface area (Å²) in [6, 6.07) is 0.683. The first-order valence-electron chi connectivity index (χ1n) is 27.0. The Labute approximate surface area is 377 Å². The molecule has 0 radical (unpaired) electrons. The van der Waals surface area contributed by atoms with Crippen LogP contribution in [0.25, 0.3) is 0 Å². The zero-order chi connectivity index (χ0) is 45.4. The van der Waals surface area contributed by atoms with Gasteiger partial charge in [-0.05, 0) is 148 Å². The van der Waals surface area contributed by atoms with Crippen molar-refractivity contribution in [2.75, 3.05) is 39.3 Å². The highest BCUT2D eigenvalue weighted by molar-refractivity contribution is 4.99. The van der Waals surface area contributed by atoms with Crippen LogP contribution in [0, 0.1) is 29.6 Å². The van der Waals surface area contributed by atoms with E-state index in [-0.39, 0.29) is 11.1 Å². The maximum atomic E-state index is 3.71. The van der Waals surface area contributed by atoms with Gasteiger partial charge in [-0.2, -0.15) is 0 Å². The van der Waals surface area contributed by atoms with Crippen molar-refractivity contribution >= 4 is 0 Å². The molecule has 0 aromatic rings. The number of hydrogen-bond donors (Lipinski definition) is 3. The second-order valence-corrected chi connectivity index (χ2v) is 21.0. The Morgan fingerprint density at radius 3 is 1.29 bits per heavy atom. The summed E-state index contributed by atoms with van der Waals surface area (Å²) in [6.07, 6.45) is 32.6. The SMILES string of the molecule is CCCCC(CC)CNCC(CC)CCCC.CCCCCCCC(C)C(C)C(C)C.CCCCN(CCCC)CCCC.CCCCNC1CC(C)(C)NC(C)(C)C1. The fraction of sp³-hybridized carbons (Fsp3) is 1.00. The summed E-state index contributed by atoms with van der Waals surface area (Å²) < 4.78 is 0. The molecule has 1 fully saturated rings. The van der Waals surface area contributed by atoms with Crippen molar-refractivity contribution in [2.24, 2.45) is 29.6 Å². The summed E-state index contributed by atoms with van der Waals surface area (Å²) >= 11 is 0. The molecule has 0 bridgehead atoms. The van der Waals surface area contributed by atoms with E-state index < -0.39 is 0 Å². The monoisotopic (exact) mass is 837 g/mol. The Morgan fingerprint density at radius 1 is 0.508 bits per heavy atom. The molecular formula is C55H120N4. The molecule has 1 heterocycles. The second kappa shape index (κ2) is 43.1. The van der Waals surface area contributed by atoms with Crippen LogP contribution >= 0.6 is 0 Å². The quantitative estimate of drug-likeness (QED) is 0.0576. The van der Waals surface area contributed by atoms with E-state index in [9.17, 15) is 0 Å². The van der Waals surface area contributed by atoms with Crippen LogP contribution in [-0.2, 0) is 0 Å². The molecule has 1 aliphatic heterocycles. The topological polar surface area (TPSA) is 39.3 Å². The minimum absolute atomic E-state index is 0.269. The predicted octanol–water partition coefficient (Wildman–Crippen LogP) is 16.7. The number of unbranched alkanes of at least 4 members (excludes halogenated alkanes) is 10. The first kappa shape index (κ1) is 63.1. The van der Waals surface area contributed by atoms with Crippen LogP contribution in [0.3, 0.4) is 0 Å². The molecular weight excluding hydrogens is 717 g/mol. The molecule has 0 aromatic heterocycles. The number of hydrogen-bond acceptors (Lipinski definition) is 4. The number of nitrogens with zero attached hydrogens (tertiary/aromatic N) is 1. The van der Waals surface area contributed by atoms with Crippen molar-refractivity contribution in [3.63, 3.8) is 0 Å². The van der Waals surface area contributed by atoms with E-state index in [1.54, 1.807) is 0 Å². The average molecular weight is 838 g/mol. The van der Waals surface area contributed by atoms with Crippen molar-refractivity contribution < 1.29 is 0 Å². The van der Waals surface area contributed by atoms with Gasteiger partial charge in [0.05, 0.1) is 0 Å². The average Bonchev–Trinajstić information content (AvgIpc) is 3.19. The van der Waals surface area contributed by atoms with Crippen molar-refractivity contribution in [3.05, 3.63) is 0 Å². The third kappa shape index (κ3) is 41.6. The van der Waals surface area contributed by atoms with Gasteiger partial charge in [0.25, 0.3) is 0 Å². The van der Waals surface area contributed by atoms with E-state index in [0.29, 0.717) is 6.04 Å². The molecule has 0 amide bonds. The van der Waals surface area contributed by atoms with Crippen molar-refractivity contribution in [1.82, 2.24) is 20.9 Å². The third-order valence-electron chi connectivity index (χ3n) is 13.3. The smallest absolute Gasteiger partial charge is 0.0144 e. The van der Waals surface area contributed by atoms with Gasteiger partial charge >= 0.3 is 0 Å². The highest BCUT2D eigenvalue weighted by Crippen LogP contribution is 2.28. The van der Waals surface area contributed by atoms with Crippen LogP contribution < -0.4 is 16.0 Å². The van der Waals surface area contributed by atoms with Crippen LogP contribution in [0.5, 0.6) is 0 Å². The van der Waals surface area contributed by atoms with Gasteiger partial charge in [-0.25, -0.2) is 0 Å². The summed E-state index contributed by atoms with van der Waals surface area (Å²) in [5.74, 6) is 4.45. The molecule has 360 valence electrons. The molecule has 0 spiro atoms. The van der Waals surface area contributed by atoms with E-state index in [4.69, 9.17) is 0 Å². The predicted molar refractivity (Wildman–Crippen MR) is 274 cm³/mol. The molecule has 0 aromatic carbocycles. The van der Waals surface area contributed by atoms with Crippen molar-refractivity contribution in [2.45, 2.75) is 289 Å². The standard InChI is InChI=1S/C16H35N.C14H30.C13H28N2.C12H27N/c1-5-9-11-15(7-3)13-17-14-16(8-4)12-10-6-2;1-6-7-8-9-10-11-13(4)14(5)12(2)3;1-6-7-8-14-11-9-12(2,3)15-13(4,5)10-11;1-4-7-10-13(11-8-5-2)12-9-6-3/h15-17H,5-14H2,1-4H3;12-14H,6-11H2,1-5H3;11,14-15H,6-10H2,1-5H3;4-12H2,1-3H3. The lowest BCUT2D eigenvalue weighted by molar-refractivity contribution is 0.146. The molecule has 0 saturated carbocycles. The second-order valence-electron chi connectivity index (χ2n) is 21.0. The first-order valence-corrected chi connectivity index (χ1v) is 27.0. The number of nitrogens with one attached hydrogen (secondary N) is 3. The van der Waals surface area contributed by atoms with Crippen molar-refractivity contribution in [1.29, 1.82) is 0 Å². The van der Waals surface area contributed by atoms with Gasteiger partial charge in [-0.15, -0.1) is 0 Å². The van der Waals surface area contributed by atoms with Gasteiger partial charge < -0.3 is 20.9 Å². The maximum Gasteiger partial charge on any atom is 0.0144 e. The van der Waals surface area contributed by atoms with E-state index >= 15 is 0 Å². The van der Waals surface area contributed by atoms with Gasteiger partial charge in [0, 0.05) is 17.1 Å². The summed E-state index contributed by atoms with van der Waals surface area (Å²) in [5.41, 5.74) is 0.539. The van der Waals surface area contributed by atoms with Crippen LogP contribution in [0.15, 0.2) is 0 Å². The van der Waals surface area contributed by atoms with E-state index in [0.717, 1.165) is 29.6 Å². The van der Waals surface area contributed by atoms with Crippen LogP contribution in [0.4, 0.5) is 0 Å². The molecule has 4 atom stereocenters. The summed E-state index contributed by atoms with van der Waals surface area (Å²) in [4.78, 5) is 2.64. The van der Waals surface area contributed by atoms with E-state index in [1.807, 2.05) is 0 Å². The molecule has 59 heavy (non-hydrogen) atoms. The maximum absolute atomic E-state index is 3.71. The Bertz CT molecular complexity index is 758. The molecule has 1 aliphatic rings. The molecule has 1 saturated heterocycles. The molecule has 4 unspecified atom stereocenters. The minimum atomic E-state index is 0.269. The fourth-order valence-electron chi connectivity index (χ4n) is 8.80. The Hall–Kier alpha value is -0.160. The Kier molecular flexibility index (Phi) is 46.1. The normalized spacial score (nSPS) is 16.9. The van der Waals surface area contributed by atoms with Crippen LogP contribution in [-0.4, -0.2) is 61.3 Å². The van der Waals surface area contributed by atoms with Gasteiger partial charge in [0.2, 0.25) is 0 Å². The molecule has 4 nitrogen and oxygen atoms in total. The van der Waals surface area contributed by atoms with Crippen LogP contribution in [0.2, 0.25) is 0 Å². The van der Waals surface area contributed by atoms with Crippen molar-refractivity contribution in [3.8, 4) is 0 Å². The molecule has 1 rings (SSSR count). The van der Waals surface area contributed by atoms with Gasteiger partial charge in [-0.3, -0.25) is 0 Å². The Morgan fingerprint density at radius 2 is 0.915 bits per heavy atom. The lowest BCUT2D eigenvalue weighted by Crippen LogP contribution is -2.61. The number of piperidine rings is 1. The Balaban J connectivity index is -0.000000712. The van der Waals surface area contributed by atoms with Gasteiger partial charge in [-0.1, -0.05) is 193 Å². The largest absolute Gasteiger partial charge is 0.316 e. The highest BCUT2D eigenvalue weighted by atomic mass is 15.1. The molecule has 4 heteroatoms.